The lowest BCUT2D eigenvalue weighted by atomic mass is 9.92. The molecule has 0 bridgehead atoms. The van der Waals surface area contributed by atoms with Crippen LogP contribution in [0.4, 0.5) is 32.0 Å². The quantitative estimate of drug-likeness (QED) is 0.506. The molecule has 3 N–H and O–H groups in total. The number of rotatable bonds is 7. The fraction of sp³-hybridized carbons (Fsp3) is 0.350. The maximum absolute atomic E-state index is 12.9. The standard InChI is InChI=1S/C20H20F6N2O4S/c1-12(2)28-33(31,32)16-9-3-13(4-10-16)11-17(29)27-15-7-5-14(6-8-15)18(30,19(21,22)23)20(24,25)26/h3-10,12,28,30H,11H2,1-2H3,(H,27,29). The predicted molar refractivity (Wildman–Crippen MR) is 107 cm³/mol. The average Bonchev–Trinajstić information content (AvgIpc) is 2.65. The minimum absolute atomic E-state index is 0.0160. The van der Waals surface area contributed by atoms with Crippen molar-refractivity contribution in [1.82, 2.24) is 4.72 Å². The average molecular weight is 498 g/mol. The van der Waals surface area contributed by atoms with E-state index in [-0.39, 0.29) is 23.0 Å². The van der Waals surface area contributed by atoms with Gasteiger partial charge in [-0.3, -0.25) is 4.79 Å². The number of nitrogens with one attached hydrogen (secondary N) is 2. The molecular formula is C20H20F6N2O4S. The van der Waals surface area contributed by atoms with Crippen molar-refractivity contribution >= 4 is 21.6 Å². The van der Waals surface area contributed by atoms with Crippen LogP contribution in [0.3, 0.4) is 0 Å². The molecule has 0 unspecified atom stereocenters. The Morgan fingerprint density at radius 2 is 1.39 bits per heavy atom. The summed E-state index contributed by atoms with van der Waals surface area (Å²) >= 11 is 0. The topological polar surface area (TPSA) is 95.5 Å². The van der Waals surface area contributed by atoms with Crippen LogP contribution in [0.2, 0.25) is 0 Å². The number of sulfonamides is 1. The van der Waals surface area contributed by atoms with Crippen molar-refractivity contribution < 1.29 is 44.7 Å². The number of carbonyl (C=O) groups is 1. The van der Waals surface area contributed by atoms with Gasteiger partial charge in [-0.05, 0) is 43.7 Å². The number of hydrogen-bond acceptors (Lipinski definition) is 4. The summed E-state index contributed by atoms with van der Waals surface area (Å²) in [6, 6.07) is 7.46. The predicted octanol–water partition coefficient (Wildman–Crippen LogP) is 3.87. The zero-order chi connectivity index (χ0) is 25.2. The maximum Gasteiger partial charge on any atom is 0.430 e. The Hall–Kier alpha value is -2.64. The highest BCUT2D eigenvalue weighted by Crippen LogP contribution is 2.50. The zero-order valence-electron chi connectivity index (χ0n) is 17.3. The molecule has 2 aromatic rings. The monoisotopic (exact) mass is 498 g/mol. The molecule has 0 aromatic heterocycles. The second-order valence-corrected chi connectivity index (χ2v) is 9.14. The van der Waals surface area contributed by atoms with Gasteiger partial charge in [-0.1, -0.05) is 24.3 Å². The third kappa shape index (κ3) is 6.03. The van der Waals surface area contributed by atoms with E-state index in [9.17, 15) is 44.7 Å². The van der Waals surface area contributed by atoms with Gasteiger partial charge in [0, 0.05) is 17.3 Å². The minimum atomic E-state index is -6.01. The molecule has 0 aliphatic rings. The lowest BCUT2D eigenvalue weighted by molar-refractivity contribution is -0.376. The molecular weight excluding hydrogens is 478 g/mol. The van der Waals surface area contributed by atoms with Crippen molar-refractivity contribution in [3.05, 3.63) is 59.7 Å². The van der Waals surface area contributed by atoms with Crippen LogP contribution in [-0.4, -0.2) is 37.8 Å². The molecule has 0 heterocycles. The van der Waals surface area contributed by atoms with E-state index in [1.54, 1.807) is 13.8 Å². The van der Waals surface area contributed by atoms with Crippen LogP contribution in [0.15, 0.2) is 53.4 Å². The highest BCUT2D eigenvalue weighted by Gasteiger charge is 2.71. The molecule has 2 rings (SSSR count). The number of hydrogen-bond donors (Lipinski definition) is 3. The van der Waals surface area contributed by atoms with Crippen LogP contribution in [0.25, 0.3) is 0 Å². The first-order valence-corrected chi connectivity index (χ1v) is 10.8. The van der Waals surface area contributed by atoms with Crippen molar-refractivity contribution in [2.75, 3.05) is 5.32 Å². The van der Waals surface area contributed by atoms with E-state index < -0.39 is 39.4 Å². The van der Waals surface area contributed by atoms with Gasteiger partial charge in [-0.15, -0.1) is 0 Å². The Morgan fingerprint density at radius 3 is 1.82 bits per heavy atom. The summed E-state index contributed by atoms with van der Waals surface area (Å²) in [6.45, 7) is 3.30. The first kappa shape index (κ1) is 26.6. The molecule has 1 amide bonds. The van der Waals surface area contributed by atoms with Crippen molar-refractivity contribution in [2.45, 2.75) is 49.2 Å². The molecule has 0 aliphatic carbocycles. The van der Waals surface area contributed by atoms with E-state index in [2.05, 4.69) is 10.0 Å². The summed E-state index contributed by atoms with van der Waals surface area (Å²) < 4.78 is 104. The normalized spacial score (nSPS) is 13.3. The van der Waals surface area contributed by atoms with Gasteiger partial charge in [-0.2, -0.15) is 26.3 Å². The molecule has 0 radical (unpaired) electrons. The summed E-state index contributed by atoms with van der Waals surface area (Å²) in [5.74, 6) is -0.652. The molecule has 0 spiro atoms. The van der Waals surface area contributed by atoms with Crippen molar-refractivity contribution in [2.24, 2.45) is 0 Å². The lowest BCUT2D eigenvalue weighted by Gasteiger charge is -2.32. The SMILES string of the molecule is CC(C)NS(=O)(=O)c1ccc(CC(=O)Nc2ccc(C(O)(C(F)(F)F)C(F)(F)F)cc2)cc1. The first-order chi connectivity index (χ1) is 15.0. The molecule has 6 nitrogen and oxygen atoms in total. The fourth-order valence-electron chi connectivity index (χ4n) is 2.84. The molecule has 0 atom stereocenters. The minimum Gasteiger partial charge on any atom is -0.369 e. The molecule has 2 aromatic carbocycles. The molecule has 0 aliphatic heterocycles. The van der Waals surface area contributed by atoms with Gasteiger partial charge in [-0.25, -0.2) is 13.1 Å². The van der Waals surface area contributed by atoms with Gasteiger partial charge >= 0.3 is 12.4 Å². The number of halogens is 6. The van der Waals surface area contributed by atoms with Crippen LogP contribution >= 0.6 is 0 Å². The van der Waals surface area contributed by atoms with E-state index >= 15 is 0 Å². The third-order valence-electron chi connectivity index (χ3n) is 4.40. The van der Waals surface area contributed by atoms with Gasteiger partial charge in [0.05, 0.1) is 11.3 Å². The van der Waals surface area contributed by atoms with Gasteiger partial charge in [0.2, 0.25) is 15.9 Å². The Labute approximate surface area is 185 Å². The van der Waals surface area contributed by atoms with E-state index in [0.29, 0.717) is 17.7 Å². The maximum atomic E-state index is 12.9. The molecule has 0 saturated carbocycles. The zero-order valence-corrected chi connectivity index (χ0v) is 18.1. The Balaban J connectivity index is 2.11. The number of benzene rings is 2. The number of carbonyl (C=O) groups excluding carboxylic acids is 1. The highest BCUT2D eigenvalue weighted by molar-refractivity contribution is 7.89. The second kappa shape index (κ2) is 9.31. The molecule has 13 heteroatoms. The van der Waals surface area contributed by atoms with Gasteiger partial charge in [0.1, 0.15) is 0 Å². The summed E-state index contributed by atoms with van der Waals surface area (Å²) in [6.07, 6.45) is -12.3. The summed E-state index contributed by atoms with van der Waals surface area (Å²) in [4.78, 5) is 12.1. The van der Waals surface area contributed by atoms with E-state index in [0.717, 1.165) is 12.1 Å². The third-order valence-corrected chi connectivity index (χ3v) is 6.07. The molecule has 0 fully saturated rings. The largest absolute Gasteiger partial charge is 0.430 e. The Bertz CT molecular complexity index is 1070. The summed E-state index contributed by atoms with van der Waals surface area (Å²) in [5.41, 5.74) is -6.20. The first-order valence-electron chi connectivity index (χ1n) is 9.35. The van der Waals surface area contributed by atoms with Crippen LogP contribution in [-0.2, 0) is 26.8 Å². The van der Waals surface area contributed by atoms with Gasteiger partial charge in [0.15, 0.2) is 0 Å². The van der Waals surface area contributed by atoms with Gasteiger partial charge < -0.3 is 10.4 Å². The van der Waals surface area contributed by atoms with Crippen molar-refractivity contribution in [3.63, 3.8) is 0 Å². The second-order valence-electron chi connectivity index (χ2n) is 7.43. The van der Waals surface area contributed by atoms with E-state index in [4.69, 9.17) is 0 Å². The molecule has 33 heavy (non-hydrogen) atoms. The highest BCUT2D eigenvalue weighted by atomic mass is 32.2. The van der Waals surface area contributed by atoms with Crippen LogP contribution in [0.1, 0.15) is 25.0 Å². The number of aliphatic hydroxyl groups is 1. The lowest BCUT2D eigenvalue weighted by Crippen LogP contribution is -2.53. The number of amides is 1. The van der Waals surface area contributed by atoms with Crippen molar-refractivity contribution in [1.29, 1.82) is 0 Å². The summed E-state index contributed by atoms with van der Waals surface area (Å²) in [7, 11) is -3.72. The van der Waals surface area contributed by atoms with Crippen LogP contribution in [0, 0.1) is 0 Å². The van der Waals surface area contributed by atoms with Gasteiger partial charge in [0.25, 0.3) is 5.60 Å². The Kier molecular flexibility index (Phi) is 7.51. The number of alkyl halides is 6. The van der Waals surface area contributed by atoms with Crippen molar-refractivity contribution in [3.8, 4) is 0 Å². The molecule has 0 saturated heterocycles. The van der Waals surface area contributed by atoms with Crippen LogP contribution in [0.5, 0.6) is 0 Å². The van der Waals surface area contributed by atoms with E-state index in [1.807, 2.05) is 0 Å². The fourth-order valence-corrected chi connectivity index (χ4v) is 4.09. The Morgan fingerprint density at radius 1 is 0.909 bits per heavy atom. The molecule has 182 valence electrons. The summed E-state index contributed by atoms with van der Waals surface area (Å²) in [5, 5.41) is 11.7. The van der Waals surface area contributed by atoms with E-state index in [1.165, 1.54) is 24.3 Å². The number of anilines is 1. The smallest absolute Gasteiger partial charge is 0.369 e. The van der Waals surface area contributed by atoms with Crippen LogP contribution < -0.4 is 10.0 Å².